The minimum absolute atomic E-state index is 0.152. The lowest BCUT2D eigenvalue weighted by Crippen LogP contribution is -2.47. The van der Waals surface area contributed by atoms with Gasteiger partial charge in [0.2, 0.25) is 5.91 Å². The van der Waals surface area contributed by atoms with E-state index in [4.69, 9.17) is 0 Å². The maximum absolute atomic E-state index is 12.9. The summed E-state index contributed by atoms with van der Waals surface area (Å²) in [5.74, 6) is 1.62. The fourth-order valence-electron chi connectivity index (χ4n) is 3.24. The zero-order chi connectivity index (χ0) is 20.1. The van der Waals surface area contributed by atoms with Crippen molar-refractivity contribution in [3.8, 4) is 0 Å². The van der Waals surface area contributed by atoms with E-state index in [1.54, 1.807) is 24.4 Å². The standard InChI is InChI=1S/C21H21FN6O/c22-17-6-4-16(5-7-17)15-21(29)24-18-8-9-20(26-25-18)28-13-11-27(12-14-28)19-3-1-2-10-23-19/h1-10H,11-15H2,(H,24,25,29). The molecule has 1 amide bonds. The van der Waals surface area contributed by atoms with Gasteiger partial charge in [0, 0.05) is 32.4 Å². The molecule has 1 aromatic carbocycles. The molecule has 1 fully saturated rings. The number of hydrogen-bond acceptors (Lipinski definition) is 6. The first-order valence-corrected chi connectivity index (χ1v) is 9.46. The molecule has 4 rings (SSSR count). The van der Waals surface area contributed by atoms with Crippen LogP contribution in [0.4, 0.5) is 21.8 Å². The summed E-state index contributed by atoms with van der Waals surface area (Å²) < 4.78 is 12.9. The molecule has 0 saturated carbocycles. The number of amides is 1. The fraction of sp³-hybridized carbons (Fsp3) is 0.238. The molecule has 148 valence electrons. The van der Waals surface area contributed by atoms with E-state index in [0.717, 1.165) is 43.4 Å². The Bertz CT molecular complexity index is 941. The van der Waals surface area contributed by atoms with Gasteiger partial charge < -0.3 is 15.1 Å². The first-order valence-electron chi connectivity index (χ1n) is 9.46. The SMILES string of the molecule is O=C(Cc1ccc(F)cc1)Nc1ccc(N2CCN(c3ccccn3)CC2)nn1. The van der Waals surface area contributed by atoms with Crippen LogP contribution in [-0.4, -0.2) is 47.3 Å². The Labute approximate surface area is 168 Å². The largest absolute Gasteiger partial charge is 0.353 e. The number of rotatable bonds is 5. The van der Waals surface area contributed by atoms with Crippen LogP contribution in [0.5, 0.6) is 0 Å². The molecule has 0 spiro atoms. The van der Waals surface area contributed by atoms with Gasteiger partial charge in [-0.1, -0.05) is 18.2 Å². The molecule has 7 nitrogen and oxygen atoms in total. The van der Waals surface area contributed by atoms with Gasteiger partial charge in [0.05, 0.1) is 6.42 Å². The van der Waals surface area contributed by atoms with Crippen molar-refractivity contribution in [3.05, 3.63) is 72.2 Å². The lowest BCUT2D eigenvalue weighted by molar-refractivity contribution is -0.115. The molecule has 1 saturated heterocycles. The molecule has 1 aliphatic heterocycles. The highest BCUT2D eigenvalue weighted by Crippen LogP contribution is 2.17. The van der Waals surface area contributed by atoms with Gasteiger partial charge in [0.1, 0.15) is 11.6 Å². The van der Waals surface area contributed by atoms with Gasteiger partial charge in [0.25, 0.3) is 0 Å². The molecule has 1 aliphatic rings. The highest BCUT2D eigenvalue weighted by molar-refractivity contribution is 5.91. The van der Waals surface area contributed by atoms with Crippen LogP contribution in [0.15, 0.2) is 60.8 Å². The Morgan fingerprint density at radius 3 is 2.24 bits per heavy atom. The van der Waals surface area contributed by atoms with E-state index >= 15 is 0 Å². The lowest BCUT2D eigenvalue weighted by Gasteiger charge is -2.35. The molecule has 3 heterocycles. The zero-order valence-electron chi connectivity index (χ0n) is 15.8. The topological polar surface area (TPSA) is 74.2 Å². The molecule has 0 radical (unpaired) electrons. The third-order valence-electron chi connectivity index (χ3n) is 4.77. The van der Waals surface area contributed by atoms with Gasteiger partial charge in [-0.25, -0.2) is 9.37 Å². The number of anilines is 3. The predicted octanol–water partition coefficient (Wildman–Crippen LogP) is 2.52. The molecule has 0 aliphatic carbocycles. The van der Waals surface area contributed by atoms with Gasteiger partial charge in [-0.2, -0.15) is 0 Å². The fourth-order valence-corrected chi connectivity index (χ4v) is 3.24. The molecular formula is C21H21FN6O. The summed E-state index contributed by atoms with van der Waals surface area (Å²) in [5, 5.41) is 11.1. The van der Waals surface area contributed by atoms with Crippen LogP contribution in [0.25, 0.3) is 0 Å². The Morgan fingerprint density at radius 1 is 0.897 bits per heavy atom. The van der Waals surface area contributed by atoms with Gasteiger partial charge >= 0.3 is 0 Å². The minimum atomic E-state index is -0.323. The third kappa shape index (κ3) is 4.84. The van der Waals surface area contributed by atoms with Crippen molar-refractivity contribution in [3.63, 3.8) is 0 Å². The second kappa shape index (κ2) is 8.64. The number of nitrogens with one attached hydrogen (secondary N) is 1. The van der Waals surface area contributed by atoms with Gasteiger partial charge in [-0.15, -0.1) is 10.2 Å². The van der Waals surface area contributed by atoms with Crippen molar-refractivity contribution in [1.29, 1.82) is 0 Å². The summed E-state index contributed by atoms with van der Waals surface area (Å²) in [6.07, 6.45) is 1.95. The predicted molar refractivity (Wildman–Crippen MR) is 109 cm³/mol. The number of piperazine rings is 1. The van der Waals surface area contributed by atoms with E-state index in [0.29, 0.717) is 5.82 Å². The highest BCUT2D eigenvalue weighted by Gasteiger charge is 2.19. The first kappa shape index (κ1) is 18.8. The Morgan fingerprint density at radius 2 is 1.62 bits per heavy atom. The quantitative estimate of drug-likeness (QED) is 0.719. The number of hydrogen-bond donors (Lipinski definition) is 1. The number of halogens is 1. The van der Waals surface area contributed by atoms with Crippen LogP contribution < -0.4 is 15.1 Å². The van der Waals surface area contributed by atoms with Crippen LogP contribution in [0.2, 0.25) is 0 Å². The summed E-state index contributed by atoms with van der Waals surface area (Å²) in [6.45, 7) is 3.35. The normalized spacial score (nSPS) is 14.0. The highest BCUT2D eigenvalue weighted by atomic mass is 19.1. The minimum Gasteiger partial charge on any atom is -0.353 e. The maximum atomic E-state index is 12.9. The molecular weight excluding hydrogens is 371 g/mol. The van der Waals surface area contributed by atoms with Crippen molar-refractivity contribution in [2.24, 2.45) is 0 Å². The molecule has 0 bridgehead atoms. The van der Waals surface area contributed by atoms with Crippen molar-refractivity contribution < 1.29 is 9.18 Å². The zero-order valence-corrected chi connectivity index (χ0v) is 15.8. The Balaban J connectivity index is 1.30. The lowest BCUT2D eigenvalue weighted by atomic mass is 10.1. The number of carbonyl (C=O) groups is 1. The molecule has 0 atom stereocenters. The Kier molecular flexibility index (Phi) is 5.60. The summed E-state index contributed by atoms with van der Waals surface area (Å²) in [4.78, 5) is 20.9. The smallest absolute Gasteiger partial charge is 0.229 e. The molecule has 3 aromatic rings. The molecule has 0 unspecified atom stereocenters. The molecule has 29 heavy (non-hydrogen) atoms. The Hall–Kier alpha value is -3.55. The van der Waals surface area contributed by atoms with Crippen molar-refractivity contribution in [1.82, 2.24) is 15.2 Å². The number of benzene rings is 1. The molecule has 2 aromatic heterocycles. The molecule has 8 heteroatoms. The summed E-state index contributed by atoms with van der Waals surface area (Å²) in [7, 11) is 0. The van der Waals surface area contributed by atoms with Crippen LogP contribution in [0.1, 0.15) is 5.56 Å². The van der Waals surface area contributed by atoms with E-state index in [1.807, 2.05) is 24.3 Å². The number of carbonyl (C=O) groups excluding carboxylic acids is 1. The summed E-state index contributed by atoms with van der Waals surface area (Å²) in [5.41, 5.74) is 0.735. The number of nitrogens with zero attached hydrogens (tertiary/aromatic N) is 5. The van der Waals surface area contributed by atoms with E-state index in [-0.39, 0.29) is 18.1 Å². The van der Waals surface area contributed by atoms with Crippen LogP contribution >= 0.6 is 0 Å². The van der Waals surface area contributed by atoms with Crippen molar-refractivity contribution in [2.75, 3.05) is 41.3 Å². The second-order valence-corrected chi connectivity index (χ2v) is 6.79. The van der Waals surface area contributed by atoms with E-state index < -0.39 is 0 Å². The monoisotopic (exact) mass is 392 g/mol. The van der Waals surface area contributed by atoms with Crippen LogP contribution in [0.3, 0.4) is 0 Å². The van der Waals surface area contributed by atoms with Crippen LogP contribution in [-0.2, 0) is 11.2 Å². The van der Waals surface area contributed by atoms with E-state index in [9.17, 15) is 9.18 Å². The maximum Gasteiger partial charge on any atom is 0.229 e. The second-order valence-electron chi connectivity index (χ2n) is 6.79. The number of pyridine rings is 1. The average molecular weight is 392 g/mol. The average Bonchev–Trinajstić information content (AvgIpc) is 2.77. The summed E-state index contributed by atoms with van der Waals surface area (Å²) >= 11 is 0. The first-order chi connectivity index (χ1) is 14.2. The number of aromatic nitrogens is 3. The molecule has 1 N–H and O–H groups in total. The van der Waals surface area contributed by atoms with Crippen molar-refractivity contribution >= 4 is 23.4 Å². The van der Waals surface area contributed by atoms with E-state index in [2.05, 4.69) is 30.3 Å². The summed E-state index contributed by atoms with van der Waals surface area (Å²) in [6, 6.07) is 15.4. The van der Waals surface area contributed by atoms with Crippen LogP contribution in [0, 0.1) is 5.82 Å². The van der Waals surface area contributed by atoms with Crippen molar-refractivity contribution in [2.45, 2.75) is 6.42 Å². The van der Waals surface area contributed by atoms with E-state index in [1.165, 1.54) is 12.1 Å². The van der Waals surface area contributed by atoms with Gasteiger partial charge in [-0.3, -0.25) is 4.79 Å². The van der Waals surface area contributed by atoms with Gasteiger partial charge in [-0.05, 0) is 42.0 Å². The van der Waals surface area contributed by atoms with Gasteiger partial charge in [0.15, 0.2) is 11.6 Å². The third-order valence-corrected chi connectivity index (χ3v) is 4.77.